The average molecular weight is 577 g/mol. The summed E-state index contributed by atoms with van der Waals surface area (Å²) in [6.45, 7) is 3.63. The van der Waals surface area contributed by atoms with Crippen LogP contribution in [0.5, 0.6) is 0 Å². The fourth-order valence-corrected chi connectivity index (χ4v) is 5.08. The molecule has 3 unspecified atom stereocenters. The third-order valence-corrected chi connectivity index (χ3v) is 7.54. The van der Waals surface area contributed by atoms with E-state index in [1.165, 1.54) is 32.1 Å². The molecular weight excluding hydrogens is 518 g/mol. The van der Waals surface area contributed by atoms with Crippen molar-refractivity contribution in [2.24, 2.45) is 0 Å². The summed E-state index contributed by atoms with van der Waals surface area (Å²) in [6, 6.07) is 0.114. The molecule has 0 bridgehead atoms. The van der Waals surface area contributed by atoms with Crippen LogP contribution in [0.3, 0.4) is 0 Å². The second kappa shape index (κ2) is 25.0. The Labute approximate surface area is 242 Å². The van der Waals surface area contributed by atoms with Crippen molar-refractivity contribution in [2.45, 2.75) is 154 Å². The number of rotatable bonds is 28. The smallest absolute Gasteiger partial charge is 0.338 e. The first kappa shape index (κ1) is 38.2. The van der Waals surface area contributed by atoms with Gasteiger partial charge in [-0.05, 0) is 72.0 Å². The minimum Gasteiger partial charge on any atom is -0.479 e. The van der Waals surface area contributed by atoms with Gasteiger partial charge >= 0.3 is 11.9 Å². The molecule has 0 rings (SSSR count). The maximum absolute atomic E-state index is 13.4. The lowest BCUT2D eigenvalue weighted by atomic mass is 9.97. The van der Waals surface area contributed by atoms with E-state index in [9.17, 15) is 23.2 Å². The number of hydrogen-bond acceptors (Lipinski definition) is 4. The van der Waals surface area contributed by atoms with Crippen LogP contribution in [0.4, 0.5) is 8.78 Å². The van der Waals surface area contributed by atoms with Gasteiger partial charge in [0.25, 0.3) is 0 Å². The first-order valence-electron chi connectivity index (χ1n) is 15.8. The van der Waals surface area contributed by atoms with Crippen molar-refractivity contribution in [1.82, 2.24) is 9.80 Å². The molecule has 3 atom stereocenters. The number of carboxylic acids is 2. The Morgan fingerprint density at radius 3 is 1.48 bits per heavy atom. The number of carboxylic acid groups (broad SMARTS) is 2. The van der Waals surface area contributed by atoms with Crippen molar-refractivity contribution < 1.29 is 33.4 Å². The number of nitrogens with zero attached hydrogens (tertiary/aromatic N) is 2. The highest BCUT2D eigenvalue weighted by atomic mass is 19.1. The molecule has 2 N–H and O–H groups in total. The molecule has 9 heteroatoms. The van der Waals surface area contributed by atoms with E-state index >= 15 is 0 Å². The second-order valence-electron chi connectivity index (χ2n) is 11.5. The van der Waals surface area contributed by atoms with Crippen LogP contribution < -0.4 is 0 Å². The molecule has 0 aliphatic heterocycles. The summed E-state index contributed by atoms with van der Waals surface area (Å²) in [7, 11) is 3.98. The number of hydrogen-bond donors (Lipinski definition) is 2. The molecule has 0 aromatic heterocycles. The molecule has 0 spiro atoms. The third kappa shape index (κ3) is 21.0. The standard InChI is InChI=1S/C31H58F2N2O5/c1-4-5-6-7-8-9-13-19-26(20-14-10-11-15-21-27(32)30(37)38)35(29(36)23-18-24-34(2)3)25-17-12-16-22-28(33)31(39)40/h26-28H,4-25H2,1-3H3,(H,37,38)(H,39,40). The van der Waals surface area contributed by atoms with E-state index in [4.69, 9.17) is 10.2 Å². The number of unbranched alkanes of at least 4 members (excludes halogenated alkanes) is 11. The molecular formula is C31H58F2N2O5. The fourth-order valence-electron chi connectivity index (χ4n) is 5.08. The van der Waals surface area contributed by atoms with E-state index in [-0.39, 0.29) is 24.8 Å². The maximum atomic E-state index is 13.4. The van der Waals surface area contributed by atoms with Crippen LogP contribution in [-0.4, -0.2) is 83.4 Å². The molecule has 1 amide bonds. The van der Waals surface area contributed by atoms with Crippen LogP contribution in [0.1, 0.15) is 135 Å². The largest absolute Gasteiger partial charge is 0.479 e. The molecule has 0 aromatic rings. The zero-order chi connectivity index (χ0) is 30.2. The highest BCUT2D eigenvalue weighted by Gasteiger charge is 2.23. The minimum absolute atomic E-state index is 0.00477. The minimum atomic E-state index is -1.84. The van der Waals surface area contributed by atoms with Crippen LogP contribution in [0.15, 0.2) is 0 Å². The summed E-state index contributed by atoms with van der Waals surface area (Å²) in [4.78, 5) is 38.9. The normalized spacial score (nSPS) is 13.8. The van der Waals surface area contributed by atoms with Gasteiger partial charge in [0.1, 0.15) is 0 Å². The first-order chi connectivity index (χ1) is 19.1. The highest BCUT2D eigenvalue weighted by Crippen LogP contribution is 2.22. The molecule has 40 heavy (non-hydrogen) atoms. The monoisotopic (exact) mass is 576 g/mol. The van der Waals surface area contributed by atoms with Gasteiger partial charge in [0.15, 0.2) is 12.3 Å². The lowest BCUT2D eigenvalue weighted by Gasteiger charge is -2.33. The van der Waals surface area contributed by atoms with Gasteiger partial charge in [-0.25, -0.2) is 18.4 Å². The molecule has 236 valence electrons. The van der Waals surface area contributed by atoms with Crippen LogP contribution in [0.2, 0.25) is 0 Å². The predicted molar refractivity (Wildman–Crippen MR) is 157 cm³/mol. The van der Waals surface area contributed by atoms with E-state index in [0.29, 0.717) is 38.6 Å². The van der Waals surface area contributed by atoms with Crippen molar-refractivity contribution in [3.63, 3.8) is 0 Å². The van der Waals surface area contributed by atoms with Gasteiger partial charge in [0.2, 0.25) is 5.91 Å². The summed E-state index contributed by atoms with van der Waals surface area (Å²) in [5.74, 6) is -2.67. The Bertz CT molecular complexity index is 666. The lowest BCUT2D eigenvalue weighted by molar-refractivity contribution is -0.143. The molecule has 0 saturated heterocycles. The quantitative estimate of drug-likeness (QED) is 0.0941. The van der Waals surface area contributed by atoms with Crippen molar-refractivity contribution >= 4 is 17.8 Å². The molecule has 0 aromatic carbocycles. The molecule has 0 radical (unpaired) electrons. The lowest BCUT2D eigenvalue weighted by Crippen LogP contribution is -2.41. The Hall–Kier alpha value is -1.77. The number of carbonyl (C=O) groups excluding carboxylic acids is 1. The van der Waals surface area contributed by atoms with E-state index < -0.39 is 24.3 Å². The number of carbonyl (C=O) groups is 3. The summed E-state index contributed by atoms with van der Waals surface area (Å²) in [5.41, 5.74) is 0. The van der Waals surface area contributed by atoms with E-state index in [1.54, 1.807) is 0 Å². The highest BCUT2D eigenvalue weighted by molar-refractivity contribution is 5.76. The van der Waals surface area contributed by atoms with Crippen molar-refractivity contribution in [3.05, 3.63) is 0 Å². The SMILES string of the molecule is CCCCCCCCCC(CCCCCCC(F)C(=O)O)N(CCCCCC(F)C(=O)O)C(=O)CCCN(C)C. The Kier molecular flexibility index (Phi) is 23.9. The number of aliphatic carboxylic acids is 2. The topological polar surface area (TPSA) is 98.1 Å². The van der Waals surface area contributed by atoms with E-state index in [1.807, 2.05) is 19.0 Å². The van der Waals surface area contributed by atoms with Crippen molar-refractivity contribution in [2.75, 3.05) is 27.2 Å². The fraction of sp³-hybridized carbons (Fsp3) is 0.903. The Morgan fingerprint density at radius 1 is 0.600 bits per heavy atom. The van der Waals surface area contributed by atoms with Gasteiger partial charge in [-0.3, -0.25) is 4.79 Å². The summed E-state index contributed by atoms with van der Waals surface area (Å²) in [5, 5.41) is 17.5. The average Bonchev–Trinajstić information content (AvgIpc) is 2.90. The van der Waals surface area contributed by atoms with Gasteiger partial charge in [-0.2, -0.15) is 0 Å². The zero-order valence-electron chi connectivity index (χ0n) is 25.6. The maximum Gasteiger partial charge on any atom is 0.338 e. The number of amides is 1. The summed E-state index contributed by atoms with van der Waals surface area (Å²) < 4.78 is 26.8. The molecule has 0 aliphatic carbocycles. The van der Waals surface area contributed by atoms with Crippen LogP contribution in [0.25, 0.3) is 0 Å². The van der Waals surface area contributed by atoms with Gasteiger partial charge < -0.3 is 20.0 Å². The van der Waals surface area contributed by atoms with Crippen LogP contribution in [0, 0.1) is 0 Å². The second-order valence-corrected chi connectivity index (χ2v) is 11.5. The molecule has 0 saturated carbocycles. The summed E-state index contributed by atoms with van der Waals surface area (Å²) >= 11 is 0. The molecule has 0 fully saturated rings. The molecule has 0 aliphatic rings. The van der Waals surface area contributed by atoms with Crippen LogP contribution >= 0.6 is 0 Å². The first-order valence-corrected chi connectivity index (χ1v) is 15.8. The molecule has 7 nitrogen and oxygen atoms in total. The predicted octanol–water partition coefficient (Wildman–Crippen LogP) is 7.41. The third-order valence-electron chi connectivity index (χ3n) is 7.54. The van der Waals surface area contributed by atoms with E-state index in [0.717, 1.165) is 57.9 Å². The number of halogens is 2. The Balaban J connectivity index is 5.09. The van der Waals surface area contributed by atoms with Crippen molar-refractivity contribution in [3.8, 4) is 0 Å². The van der Waals surface area contributed by atoms with Crippen LogP contribution in [-0.2, 0) is 14.4 Å². The Morgan fingerprint density at radius 2 is 1.02 bits per heavy atom. The number of alkyl halides is 2. The summed E-state index contributed by atoms with van der Waals surface area (Å²) in [6.07, 6.45) is 12.8. The van der Waals surface area contributed by atoms with Gasteiger partial charge in [0, 0.05) is 19.0 Å². The van der Waals surface area contributed by atoms with Gasteiger partial charge in [-0.1, -0.05) is 77.6 Å². The van der Waals surface area contributed by atoms with Crippen molar-refractivity contribution in [1.29, 1.82) is 0 Å². The van der Waals surface area contributed by atoms with Gasteiger partial charge in [0.05, 0.1) is 0 Å². The van der Waals surface area contributed by atoms with Gasteiger partial charge in [-0.15, -0.1) is 0 Å². The van der Waals surface area contributed by atoms with E-state index in [2.05, 4.69) is 11.8 Å². The zero-order valence-corrected chi connectivity index (χ0v) is 25.6. The molecule has 0 heterocycles.